The number of benzene rings is 2. The molecule has 0 amide bonds. The van der Waals surface area contributed by atoms with Crippen molar-refractivity contribution in [3.05, 3.63) is 89.7 Å². The minimum atomic E-state index is 0.211. The number of piperazine rings is 1. The third-order valence-corrected chi connectivity index (χ3v) is 5.39. The summed E-state index contributed by atoms with van der Waals surface area (Å²) in [5.41, 5.74) is 6.26. The van der Waals surface area contributed by atoms with Crippen molar-refractivity contribution in [2.75, 3.05) is 26.2 Å². The van der Waals surface area contributed by atoms with Crippen LogP contribution in [-0.4, -0.2) is 36.1 Å². The molecule has 0 bridgehead atoms. The molecule has 1 fully saturated rings. The van der Waals surface area contributed by atoms with Gasteiger partial charge >= 0.3 is 0 Å². The molecule has 4 rings (SSSR count). The van der Waals surface area contributed by atoms with Gasteiger partial charge in [0.1, 0.15) is 0 Å². The third kappa shape index (κ3) is 4.10. The number of aryl methyl sites for hydroxylation is 1. The predicted molar refractivity (Wildman–Crippen MR) is 112 cm³/mol. The van der Waals surface area contributed by atoms with Crippen molar-refractivity contribution in [3.63, 3.8) is 0 Å². The number of nitrogens with one attached hydrogen (secondary N) is 1. The van der Waals surface area contributed by atoms with Gasteiger partial charge < -0.3 is 5.32 Å². The van der Waals surface area contributed by atoms with Gasteiger partial charge in [-0.05, 0) is 34.7 Å². The number of aromatic nitrogens is 1. The highest BCUT2D eigenvalue weighted by atomic mass is 15.2. The summed E-state index contributed by atoms with van der Waals surface area (Å²) in [6.07, 6.45) is 3.06. The van der Waals surface area contributed by atoms with Crippen LogP contribution in [0.4, 0.5) is 0 Å². The Labute approximate surface area is 162 Å². The van der Waals surface area contributed by atoms with E-state index >= 15 is 0 Å². The fourth-order valence-electron chi connectivity index (χ4n) is 3.80. The third-order valence-electron chi connectivity index (χ3n) is 5.39. The first-order valence-corrected chi connectivity index (χ1v) is 9.90. The Morgan fingerprint density at radius 1 is 0.889 bits per heavy atom. The highest BCUT2D eigenvalue weighted by Gasteiger charge is 2.25. The molecule has 3 aromatic rings. The van der Waals surface area contributed by atoms with Crippen molar-refractivity contribution in [1.82, 2.24) is 15.2 Å². The Balaban J connectivity index is 1.67. The number of nitrogens with zero attached hydrogens (tertiary/aromatic N) is 2. The molecule has 2 heterocycles. The van der Waals surface area contributed by atoms with Crippen LogP contribution in [0.1, 0.15) is 29.8 Å². The largest absolute Gasteiger partial charge is 0.314 e. The summed E-state index contributed by atoms with van der Waals surface area (Å²) in [4.78, 5) is 7.36. The molecular formula is C24H27N3. The molecule has 138 valence electrons. The van der Waals surface area contributed by atoms with Crippen LogP contribution < -0.4 is 5.32 Å². The molecule has 3 heteroatoms. The standard InChI is InChI=1S/C24H27N3/c1-2-19-8-13-23(26-18-19)24(27-16-14-25-15-17-27)22-11-9-21(10-12-22)20-6-4-3-5-7-20/h3-13,18,24-25H,2,14-17H2,1H3. The summed E-state index contributed by atoms with van der Waals surface area (Å²) < 4.78 is 0. The fraction of sp³-hybridized carbons (Fsp3) is 0.292. The second kappa shape index (κ2) is 8.47. The Hall–Kier alpha value is -2.49. The molecule has 1 saturated heterocycles. The smallest absolute Gasteiger partial charge is 0.0777 e. The first-order valence-electron chi connectivity index (χ1n) is 9.90. The average molecular weight is 358 g/mol. The van der Waals surface area contributed by atoms with Gasteiger partial charge in [0.05, 0.1) is 11.7 Å². The second-order valence-electron chi connectivity index (χ2n) is 7.12. The zero-order chi connectivity index (χ0) is 18.5. The first-order chi connectivity index (χ1) is 13.3. The summed E-state index contributed by atoms with van der Waals surface area (Å²) in [5.74, 6) is 0. The monoisotopic (exact) mass is 357 g/mol. The van der Waals surface area contributed by atoms with Crippen molar-refractivity contribution >= 4 is 0 Å². The molecule has 27 heavy (non-hydrogen) atoms. The SMILES string of the molecule is CCc1ccc(C(c2ccc(-c3ccccc3)cc2)N2CCNCC2)nc1. The second-order valence-corrected chi connectivity index (χ2v) is 7.12. The van der Waals surface area contributed by atoms with Crippen LogP contribution in [0.5, 0.6) is 0 Å². The van der Waals surface area contributed by atoms with Gasteiger partial charge in [-0.1, -0.05) is 67.6 Å². The average Bonchev–Trinajstić information content (AvgIpc) is 2.76. The van der Waals surface area contributed by atoms with Gasteiger partial charge in [-0.25, -0.2) is 0 Å². The van der Waals surface area contributed by atoms with Crippen LogP contribution in [0.3, 0.4) is 0 Å². The van der Waals surface area contributed by atoms with E-state index in [-0.39, 0.29) is 6.04 Å². The van der Waals surface area contributed by atoms with Crippen LogP contribution in [0, 0.1) is 0 Å². The quantitative estimate of drug-likeness (QED) is 0.738. The van der Waals surface area contributed by atoms with Gasteiger partial charge in [0.2, 0.25) is 0 Å². The minimum Gasteiger partial charge on any atom is -0.314 e. The molecule has 1 N–H and O–H groups in total. The van der Waals surface area contributed by atoms with Gasteiger partial charge in [-0.2, -0.15) is 0 Å². The highest BCUT2D eigenvalue weighted by Crippen LogP contribution is 2.30. The zero-order valence-corrected chi connectivity index (χ0v) is 15.9. The van der Waals surface area contributed by atoms with E-state index in [0.717, 1.165) is 38.3 Å². The lowest BCUT2D eigenvalue weighted by molar-refractivity contribution is 0.195. The molecule has 0 aliphatic carbocycles. The van der Waals surface area contributed by atoms with Crippen molar-refractivity contribution < 1.29 is 0 Å². The molecule has 1 aliphatic heterocycles. The van der Waals surface area contributed by atoms with Crippen LogP contribution in [-0.2, 0) is 6.42 Å². The number of hydrogen-bond donors (Lipinski definition) is 1. The van der Waals surface area contributed by atoms with E-state index < -0.39 is 0 Å². The van der Waals surface area contributed by atoms with Crippen LogP contribution in [0.25, 0.3) is 11.1 Å². The van der Waals surface area contributed by atoms with E-state index in [4.69, 9.17) is 4.98 Å². The van der Waals surface area contributed by atoms with E-state index in [1.165, 1.54) is 22.3 Å². The predicted octanol–water partition coefficient (Wildman–Crippen LogP) is 4.31. The Morgan fingerprint density at radius 2 is 1.59 bits per heavy atom. The van der Waals surface area contributed by atoms with Gasteiger partial charge in [-0.15, -0.1) is 0 Å². The normalized spacial score (nSPS) is 16.2. The van der Waals surface area contributed by atoms with Crippen LogP contribution in [0.15, 0.2) is 72.9 Å². The molecule has 0 radical (unpaired) electrons. The molecule has 1 atom stereocenters. The molecular weight excluding hydrogens is 330 g/mol. The van der Waals surface area contributed by atoms with Crippen molar-refractivity contribution in [1.29, 1.82) is 0 Å². The number of rotatable bonds is 5. The molecule has 1 aliphatic rings. The Morgan fingerprint density at radius 3 is 2.22 bits per heavy atom. The highest BCUT2D eigenvalue weighted by molar-refractivity contribution is 5.63. The maximum atomic E-state index is 4.82. The fourth-order valence-corrected chi connectivity index (χ4v) is 3.80. The molecule has 0 spiro atoms. The van der Waals surface area contributed by atoms with E-state index in [9.17, 15) is 0 Å². The number of hydrogen-bond acceptors (Lipinski definition) is 3. The summed E-state index contributed by atoms with van der Waals surface area (Å²) in [5, 5.41) is 3.46. The summed E-state index contributed by atoms with van der Waals surface area (Å²) in [7, 11) is 0. The van der Waals surface area contributed by atoms with Crippen molar-refractivity contribution in [3.8, 4) is 11.1 Å². The lowest BCUT2D eigenvalue weighted by Crippen LogP contribution is -2.45. The first kappa shape index (κ1) is 17.9. The van der Waals surface area contributed by atoms with Crippen LogP contribution in [0.2, 0.25) is 0 Å². The molecule has 1 unspecified atom stereocenters. The van der Waals surface area contributed by atoms with Crippen molar-refractivity contribution in [2.24, 2.45) is 0 Å². The maximum Gasteiger partial charge on any atom is 0.0777 e. The van der Waals surface area contributed by atoms with Gasteiger partial charge in [0.25, 0.3) is 0 Å². The summed E-state index contributed by atoms with van der Waals surface area (Å²) >= 11 is 0. The summed E-state index contributed by atoms with van der Waals surface area (Å²) in [6.45, 7) is 6.33. The van der Waals surface area contributed by atoms with E-state index in [1.54, 1.807) is 0 Å². The topological polar surface area (TPSA) is 28.2 Å². The molecule has 1 aromatic heterocycles. The van der Waals surface area contributed by atoms with E-state index in [1.807, 2.05) is 6.20 Å². The molecule has 0 saturated carbocycles. The molecule has 2 aromatic carbocycles. The van der Waals surface area contributed by atoms with Gasteiger partial charge in [0, 0.05) is 32.4 Å². The Kier molecular flexibility index (Phi) is 5.61. The minimum absolute atomic E-state index is 0.211. The Bertz CT molecular complexity index is 835. The van der Waals surface area contributed by atoms with Gasteiger partial charge in [-0.3, -0.25) is 9.88 Å². The van der Waals surface area contributed by atoms with E-state index in [0.29, 0.717) is 0 Å². The van der Waals surface area contributed by atoms with E-state index in [2.05, 4.69) is 83.9 Å². The molecule has 3 nitrogen and oxygen atoms in total. The van der Waals surface area contributed by atoms with Gasteiger partial charge in [0.15, 0.2) is 0 Å². The maximum absolute atomic E-state index is 4.82. The van der Waals surface area contributed by atoms with Crippen molar-refractivity contribution in [2.45, 2.75) is 19.4 Å². The number of pyridine rings is 1. The summed E-state index contributed by atoms with van der Waals surface area (Å²) in [6, 6.07) is 24.2. The van der Waals surface area contributed by atoms with Crippen LogP contribution >= 0.6 is 0 Å². The lowest BCUT2D eigenvalue weighted by atomic mass is 9.97. The lowest BCUT2D eigenvalue weighted by Gasteiger charge is -2.35. The zero-order valence-electron chi connectivity index (χ0n) is 15.9.